The Bertz CT molecular complexity index is 644. The van der Waals surface area contributed by atoms with Crippen molar-refractivity contribution < 1.29 is 14.6 Å². The number of rotatable bonds is 3. The first-order valence-corrected chi connectivity index (χ1v) is 5.64. The summed E-state index contributed by atoms with van der Waals surface area (Å²) in [5, 5.41) is 18.6. The van der Waals surface area contributed by atoms with Crippen molar-refractivity contribution in [2.75, 3.05) is 14.2 Å². The molecule has 1 N–H and O–H groups in total. The van der Waals surface area contributed by atoms with Crippen LogP contribution in [-0.4, -0.2) is 19.3 Å². The van der Waals surface area contributed by atoms with E-state index in [-0.39, 0.29) is 5.75 Å². The van der Waals surface area contributed by atoms with E-state index < -0.39 is 0 Å². The number of phenolic OH excluding ortho intramolecular Hbond substituents is 1. The Balaban J connectivity index is 2.63. The van der Waals surface area contributed by atoms with Crippen molar-refractivity contribution in [2.45, 2.75) is 0 Å². The molecule has 0 aliphatic rings. The van der Waals surface area contributed by atoms with Gasteiger partial charge in [0, 0.05) is 5.56 Å². The second-order valence-corrected chi connectivity index (χ2v) is 3.95. The lowest BCUT2D eigenvalue weighted by Crippen LogP contribution is -1.91. The number of hydrogen-bond donors (Lipinski definition) is 1. The molecule has 96 valence electrons. The summed E-state index contributed by atoms with van der Waals surface area (Å²) in [5.74, 6) is 1.37. The number of ether oxygens (including phenoxy) is 2. The maximum atomic E-state index is 9.65. The van der Waals surface area contributed by atoms with Gasteiger partial charge in [0.15, 0.2) is 0 Å². The number of benzene rings is 2. The van der Waals surface area contributed by atoms with E-state index in [2.05, 4.69) is 0 Å². The van der Waals surface area contributed by atoms with Gasteiger partial charge in [0.25, 0.3) is 0 Å². The lowest BCUT2D eigenvalue weighted by molar-refractivity contribution is 0.404. The van der Waals surface area contributed by atoms with E-state index in [1.807, 2.05) is 6.07 Å². The molecule has 0 aliphatic carbocycles. The lowest BCUT2D eigenvalue weighted by Gasteiger charge is -2.11. The summed E-state index contributed by atoms with van der Waals surface area (Å²) in [5.41, 5.74) is 1.85. The van der Waals surface area contributed by atoms with Gasteiger partial charge in [-0.15, -0.1) is 0 Å². The van der Waals surface area contributed by atoms with E-state index in [1.54, 1.807) is 44.6 Å². The third-order valence-corrected chi connectivity index (χ3v) is 2.76. The van der Waals surface area contributed by atoms with Crippen LogP contribution in [0.3, 0.4) is 0 Å². The SMILES string of the molecule is COc1ccc(OC)c(-c2cc(O)cc(C#N)c2)c1. The maximum Gasteiger partial charge on any atom is 0.126 e. The molecule has 0 heterocycles. The molecule has 0 spiro atoms. The van der Waals surface area contributed by atoms with Crippen LogP contribution in [0.4, 0.5) is 0 Å². The van der Waals surface area contributed by atoms with Crippen LogP contribution >= 0.6 is 0 Å². The van der Waals surface area contributed by atoms with Crippen LogP contribution in [0.5, 0.6) is 17.2 Å². The molecule has 2 rings (SSSR count). The van der Waals surface area contributed by atoms with Gasteiger partial charge in [0.2, 0.25) is 0 Å². The highest BCUT2D eigenvalue weighted by atomic mass is 16.5. The molecular formula is C15H13NO3. The molecule has 2 aromatic rings. The highest BCUT2D eigenvalue weighted by Crippen LogP contribution is 2.35. The summed E-state index contributed by atoms with van der Waals surface area (Å²) >= 11 is 0. The van der Waals surface area contributed by atoms with E-state index in [1.165, 1.54) is 6.07 Å². The fraction of sp³-hybridized carbons (Fsp3) is 0.133. The third-order valence-electron chi connectivity index (χ3n) is 2.76. The summed E-state index contributed by atoms with van der Waals surface area (Å²) in [4.78, 5) is 0. The minimum Gasteiger partial charge on any atom is -0.508 e. The van der Waals surface area contributed by atoms with Crippen molar-refractivity contribution in [3.8, 4) is 34.4 Å². The normalized spacial score (nSPS) is 9.74. The first-order chi connectivity index (χ1) is 9.17. The van der Waals surface area contributed by atoms with Gasteiger partial charge in [-0.25, -0.2) is 0 Å². The molecule has 2 aromatic carbocycles. The summed E-state index contributed by atoms with van der Waals surface area (Å²) in [6, 6.07) is 12.1. The fourth-order valence-electron chi connectivity index (χ4n) is 1.87. The van der Waals surface area contributed by atoms with Crippen molar-refractivity contribution in [1.82, 2.24) is 0 Å². The quantitative estimate of drug-likeness (QED) is 0.915. The van der Waals surface area contributed by atoms with E-state index >= 15 is 0 Å². The Kier molecular flexibility index (Phi) is 3.58. The van der Waals surface area contributed by atoms with Crippen molar-refractivity contribution in [3.05, 3.63) is 42.0 Å². The molecular weight excluding hydrogens is 242 g/mol. The molecule has 0 aromatic heterocycles. The number of nitriles is 1. The van der Waals surface area contributed by atoms with Crippen LogP contribution in [0.2, 0.25) is 0 Å². The van der Waals surface area contributed by atoms with Crippen LogP contribution in [0.25, 0.3) is 11.1 Å². The van der Waals surface area contributed by atoms with Crippen LogP contribution in [0, 0.1) is 11.3 Å². The van der Waals surface area contributed by atoms with Gasteiger partial charge in [0.05, 0.1) is 25.9 Å². The maximum absolute atomic E-state index is 9.65. The number of methoxy groups -OCH3 is 2. The van der Waals surface area contributed by atoms with Crippen molar-refractivity contribution in [3.63, 3.8) is 0 Å². The summed E-state index contributed by atoms with van der Waals surface area (Å²) in [6.45, 7) is 0. The van der Waals surface area contributed by atoms with Gasteiger partial charge >= 0.3 is 0 Å². The molecule has 19 heavy (non-hydrogen) atoms. The number of phenols is 1. The Hall–Kier alpha value is -2.67. The number of aromatic hydroxyl groups is 1. The molecule has 4 heteroatoms. The molecule has 0 unspecified atom stereocenters. The Morgan fingerprint density at radius 2 is 1.84 bits per heavy atom. The van der Waals surface area contributed by atoms with Gasteiger partial charge < -0.3 is 14.6 Å². The van der Waals surface area contributed by atoms with Crippen molar-refractivity contribution >= 4 is 0 Å². The van der Waals surface area contributed by atoms with Gasteiger partial charge in [0.1, 0.15) is 17.2 Å². The van der Waals surface area contributed by atoms with E-state index in [0.717, 1.165) is 5.56 Å². The highest BCUT2D eigenvalue weighted by molar-refractivity contribution is 5.74. The highest BCUT2D eigenvalue weighted by Gasteiger charge is 2.10. The smallest absolute Gasteiger partial charge is 0.126 e. The Labute approximate surface area is 111 Å². The molecule has 0 bridgehead atoms. The monoisotopic (exact) mass is 255 g/mol. The fourth-order valence-corrected chi connectivity index (χ4v) is 1.87. The standard InChI is InChI=1S/C15H13NO3/c1-18-13-3-4-15(19-2)14(8-13)11-5-10(9-16)6-12(17)7-11/h3-8,17H,1-2H3. The van der Waals surface area contributed by atoms with E-state index in [0.29, 0.717) is 22.6 Å². The molecule has 0 saturated heterocycles. The number of hydrogen-bond acceptors (Lipinski definition) is 4. The summed E-state index contributed by atoms with van der Waals surface area (Å²) < 4.78 is 10.5. The summed E-state index contributed by atoms with van der Waals surface area (Å²) in [6.07, 6.45) is 0. The minimum absolute atomic E-state index is 0.0407. The van der Waals surface area contributed by atoms with E-state index in [4.69, 9.17) is 14.7 Å². The van der Waals surface area contributed by atoms with Crippen LogP contribution in [0.1, 0.15) is 5.56 Å². The van der Waals surface area contributed by atoms with Gasteiger partial charge in [-0.05, 0) is 42.0 Å². The molecule has 0 radical (unpaired) electrons. The predicted octanol–water partition coefficient (Wildman–Crippen LogP) is 2.95. The zero-order valence-corrected chi connectivity index (χ0v) is 10.7. The van der Waals surface area contributed by atoms with Crippen LogP contribution in [-0.2, 0) is 0 Å². The molecule has 0 amide bonds. The second-order valence-electron chi connectivity index (χ2n) is 3.95. The van der Waals surface area contributed by atoms with Crippen molar-refractivity contribution in [1.29, 1.82) is 5.26 Å². The molecule has 0 aliphatic heterocycles. The van der Waals surface area contributed by atoms with Crippen LogP contribution in [0.15, 0.2) is 36.4 Å². The largest absolute Gasteiger partial charge is 0.508 e. The molecule has 0 atom stereocenters. The number of nitrogens with zero attached hydrogens (tertiary/aromatic N) is 1. The van der Waals surface area contributed by atoms with Gasteiger partial charge in [-0.1, -0.05) is 0 Å². The minimum atomic E-state index is 0.0407. The summed E-state index contributed by atoms with van der Waals surface area (Å²) in [7, 11) is 3.15. The first kappa shape index (κ1) is 12.8. The predicted molar refractivity (Wildman–Crippen MR) is 71.4 cm³/mol. The molecule has 0 fully saturated rings. The zero-order valence-electron chi connectivity index (χ0n) is 10.7. The first-order valence-electron chi connectivity index (χ1n) is 5.64. The van der Waals surface area contributed by atoms with Gasteiger partial charge in [-0.3, -0.25) is 0 Å². The average Bonchev–Trinajstić information content (AvgIpc) is 2.45. The van der Waals surface area contributed by atoms with E-state index in [9.17, 15) is 5.11 Å². The Morgan fingerprint density at radius 1 is 1.05 bits per heavy atom. The zero-order chi connectivity index (χ0) is 13.8. The molecule has 4 nitrogen and oxygen atoms in total. The van der Waals surface area contributed by atoms with Crippen LogP contribution < -0.4 is 9.47 Å². The third kappa shape index (κ3) is 2.61. The van der Waals surface area contributed by atoms with Crippen molar-refractivity contribution in [2.24, 2.45) is 0 Å². The Morgan fingerprint density at radius 3 is 2.47 bits per heavy atom. The average molecular weight is 255 g/mol. The topological polar surface area (TPSA) is 62.5 Å². The molecule has 0 saturated carbocycles. The van der Waals surface area contributed by atoms with Gasteiger partial charge in [-0.2, -0.15) is 5.26 Å². The lowest BCUT2D eigenvalue weighted by atomic mass is 10.0. The second kappa shape index (κ2) is 5.32.